The molecule has 0 radical (unpaired) electrons. The van der Waals surface area contributed by atoms with E-state index in [1.54, 1.807) is 67.6 Å². The molecule has 10 heteroatoms. The van der Waals surface area contributed by atoms with Gasteiger partial charge in [-0.3, -0.25) is 19.2 Å². The Kier molecular flexibility index (Phi) is 11.2. The number of benzene rings is 2. The second kappa shape index (κ2) is 14.6. The van der Waals surface area contributed by atoms with Crippen molar-refractivity contribution in [1.82, 2.24) is 0 Å². The first kappa shape index (κ1) is 27.6. The lowest BCUT2D eigenvalue weighted by atomic mass is 10.1. The van der Waals surface area contributed by atoms with Crippen molar-refractivity contribution in [1.29, 1.82) is 0 Å². The molecule has 36 heavy (non-hydrogen) atoms. The second-order valence-corrected chi connectivity index (χ2v) is 7.18. The number of hydrogen-bond donors (Lipinski definition) is 0. The van der Waals surface area contributed by atoms with E-state index in [-0.39, 0.29) is 19.4 Å². The van der Waals surface area contributed by atoms with Crippen LogP contribution in [0.2, 0.25) is 0 Å². The van der Waals surface area contributed by atoms with E-state index in [1.165, 1.54) is 0 Å². The van der Waals surface area contributed by atoms with E-state index in [1.807, 2.05) is 0 Å². The van der Waals surface area contributed by atoms with Crippen molar-refractivity contribution in [3.8, 4) is 0 Å². The van der Waals surface area contributed by atoms with Gasteiger partial charge in [-0.15, -0.1) is 0 Å². The Hall–Kier alpha value is -4.60. The highest BCUT2D eigenvalue weighted by molar-refractivity contribution is 6.03. The van der Waals surface area contributed by atoms with Gasteiger partial charge in [0.2, 0.25) is 0 Å². The summed E-state index contributed by atoms with van der Waals surface area (Å²) in [7, 11) is 0. The Balaban J connectivity index is 2.04. The summed E-state index contributed by atoms with van der Waals surface area (Å²) in [5, 5.41) is 0. The number of carbonyl (C=O) groups excluding carboxylic acids is 6. The maximum atomic E-state index is 12.6. The summed E-state index contributed by atoms with van der Waals surface area (Å²) in [6.07, 6.45) is 1.00. The van der Waals surface area contributed by atoms with Gasteiger partial charge in [-0.1, -0.05) is 60.7 Å². The van der Waals surface area contributed by atoms with Crippen LogP contribution in [0.5, 0.6) is 0 Å². The molecule has 0 unspecified atom stereocenters. The highest BCUT2D eigenvalue weighted by atomic mass is 16.6. The van der Waals surface area contributed by atoms with E-state index >= 15 is 0 Å². The molecule has 0 N–H and O–H groups in total. The van der Waals surface area contributed by atoms with Gasteiger partial charge in [-0.05, 0) is 18.1 Å². The van der Waals surface area contributed by atoms with E-state index in [4.69, 9.17) is 14.2 Å². The fourth-order valence-corrected chi connectivity index (χ4v) is 2.74. The molecule has 2 aromatic rings. The number of carbonyl (C=O) groups is 6. The summed E-state index contributed by atoms with van der Waals surface area (Å²) >= 11 is 0. The Labute approximate surface area is 206 Å². The molecule has 0 aliphatic heterocycles. The monoisotopic (exact) mass is 496 g/mol. The molecular formula is C26H24O10. The lowest BCUT2D eigenvalue weighted by molar-refractivity contribution is -0.173. The van der Waals surface area contributed by atoms with Crippen LogP contribution in [0.4, 0.5) is 0 Å². The van der Waals surface area contributed by atoms with Gasteiger partial charge in [-0.25, -0.2) is 9.59 Å². The summed E-state index contributed by atoms with van der Waals surface area (Å²) in [5.74, 6) is -8.47. The molecule has 2 aromatic carbocycles. The maximum absolute atomic E-state index is 12.6. The van der Waals surface area contributed by atoms with Crippen LogP contribution < -0.4 is 0 Å². The molecule has 0 aromatic heterocycles. The first-order chi connectivity index (χ1) is 17.3. The van der Waals surface area contributed by atoms with Crippen LogP contribution in [0.1, 0.15) is 18.1 Å². The highest BCUT2D eigenvalue weighted by Crippen LogP contribution is 2.10. The summed E-state index contributed by atoms with van der Waals surface area (Å²) < 4.78 is 18.9. The molecular weight excluding hydrogens is 472 g/mol. The van der Waals surface area contributed by atoms with Gasteiger partial charge < -0.3 is 18.9 Å². The molecule has 188 valence electrons. The minimum Gasteiger partial charge on any atom is -0.463 e. The van der Waals surface area contributed by atoms with Crippen LogP contribution in [-0.2, 0) is 60.6 Å². The van der Waals surface area contributed by atoms with Crippen LogP contribution in [0.15, 0.2) is 72.8 Å². The van der Waals surface area contributed by atoms with Gasteiger partial charge in [-0.2, -0.15) is 0 Å². The molecule has 0 heterocycles. The van der Waals surface area contributed by atoms with Gasteiger partial charge >= 0.3 is 35.8 Å². The van der Waals surface area contributed by atoms with Gasteiger partial charge in [0.1, 0.15) is 6.61 Å². The van der Waals surface area contributed by atoms with E-state index < -0.39 is 48.3 Å². The standard InChI is InChI=1S/C26H24O10/c1-2-33-21(27)13-14-22(28)34-17-20(25(31)35-23(29)15-18-9-5-3-6-10-18)26(32)36-24(30)16-19-11-7-4-8-12-19/h3-14,20H,2,15-17H2,1H3/b14-13-. The minimum absolute atomic E-state index is 0.0893. The van der Waals surface area contributed by atoms with Crippen molar-refractivity contribution >= 4 is 35.8 Å². The molecule has 0 bridgehead atoms. The van der Waals surface area contributed by atoms with E-state index in [0.717, 1.165) is 12.2 Å². The topological polar surface area (TPSA) is 139 Å². The third-order valence-electron chi connectivity index (χ3n) is 4.41. The maximum Gasteiger partial charge on any atom is 0.331 e. The molecule has 0 aliphatic carbocycles. The van der Waals surface area contributed by atoms with Gasteiger partial charge in [0.25, 0.3) is 0 Å². The lowest BCUT2D eigenvalue weighted by Gasteiger charge is -2.14. The van der Waals surface area contributed by atoms with Crippen molar-refractivity contribution in [2.75, 3.05) is 13.2 Å². The summed E-state index contributed by atoms with van der Waals surface area (Å²) in [5.41, 5.74) is 1.12. The molecule has 2 rings (SSSR count). The SMILES string of the molecule is CCOC(=O)/C=C\C(=O)OCC(C(=O)OC(=O)Cc1ccccc1)C(=O)OC(=O)Cc1ccccc1. The Morgan fingerprint density at radius 1 is 0.667 bits per heavy atom. The van der Waals surface area contributed by atoms with E-state index in [0.29, 0.717) is 11.1 Å². The fraction of sp³-hybridized carbons (Fsp3) is 0.231. The average molecular weight is 496 g/mol. The van der Waals surface area contributed by atoms with Crippen molar-refractivity contribution in [2.24, 2.45) is 5.92 Å². The van der Waals surface area contributed by atoms with Crippen LogP contribution in [-0.4, -0.2) is 49.0 Å². The zero-order chi connectivity index (χ0) is 26.3. The number of rotatable bonds is 11. The molecule has 0 atom stereocenters. The Morgan fingerprint density at radius 2 is 1.08 bits per heavy atom. The number of ether oxygens (including phenoxy) is 4. The third kappa shape index (κ3) is 10.1. The zero-order valence-electron chi connectivity index (χ0n) is 19.4. The smallest absolute Gasteiger partial charge is 0.331 e. The normalized spacial score (nSPS) is 10.5. The van der Waals surface area contributed by atoms with Crippen molar-refractivity contribution in [2.45, 2.75) is 19.8 Å². The van der Waals surface area contributed by atoms with Crippen LogP contribution >= 0.6 is 0 Å². The molecule has 0 amide bonds. The summed E-state index contributed by atoms with van der Waals surface area (Å²) in [6, 6.07) is 16.8. The van der Waals surface area contributed by atoms with Crippen LogP contribution in [0, 0.1) is 5.92 Å². The largest absolute Gasteiger partial charge is 0.463 e. The Morgan fingerprint density at radius 3 is 1.50 bits per heavy atom. The van der Waals surface area contributed by atoms with Gasteiger partial charge in [0.05, 0.1) is 19.4 Å². The van der Waals surface area contributed by atoms with Gasteiger partial charge in [0.15, 0.2) is 5.92 Å². The molecule has 0 saturated heterocycles. The lowest BCUT2D eigenvalue weighted by Crippen LogP contribution is -2.35. The van der Waals surface area contributed by atoms with Crippen LogP contribution in [0.3, 0.4) is 0 Å². The van der Waals surface area contributed by atoms with E-state index in [9.17, 15) is 28.8 Å². The first-order valence-corrected chi connectivity index (χ1v) is 10.9. The third-order valence-corrected chi connectivity index (χ3v) is 4.41. The van der Waals surface area contributed by atoms with Crippen molar-refractivity contribution in [3.05, 3.63) is 83.9 Å². The first-order valence-electron chi connectivity index (χ1n) is 10.9. The molecule has 0 spiro atoms. The quantitative estimate of drug-likeness (QED) is 0.196. The van der Waals surface area contributed by atoms with Crippen molar-refractivity contribution in [3.63, 3.8) is 0 Å². The predicted molar refractivity (Wildman–Crippen MR) is 123 cm³/mol. The second-order valence-electron chi connectivity index (χ2n) is 7.18. The minimum atomic E-state index is -1.93. The summed E-state index contributed by atoms with van der Waals surface area (Å²) in [6.45, 7) is 0.761. The highest BCUT2D eigenvalue weighted by Gasteiger charge is 2.34. The zero-order valence-corrected chi connectivity index (χ0v) is 19.4. The van der Waals surface area contributed by atoms with E-state index in [2.05, 4.69) is 4.74 Å². The molecule has 0 aliphatic rings. The molecule has 0 saturated carbocycles. The molecule has 0 fully saturated rings. The predicted octanol–water partition coefficient (Wildman–Crippen LogP) is 1.89. The molecule has 10 nitrogen and oxygen atoms in total. The number of hydrogen-bond acceptors (Lipinski definition) is 10. The number of esters is 6. The van der Waals surface area contributed by atoms with Gasteiger partial charge in [0, 0.05) is 12.2 Å². The van der Waals surface area contributed by atoms with Crippen LogP contribution in [0.25, 0.3) is 0 Å². The fourth-order valence-electron chi connectivity index (χ4n) is 2.74. The average Bonchev–Trinajstić information content (AvgIpc) is 2.84. The summed E-state index contributed by atoms with van der Waals surface area (Å²) in [4.78, 5) is 72.6. The Bertz CT molecular complexity index is 1040. The van der Waals surface area contributed by atoms with Crippen molar-refractivity contribution < 1.29 is 47.7 Å².